The van der Waals surface area contributed by atoms with Crippen LogP contribution in [0.5, 0.6) is 0 Å². The van der Waals surface area contributed by atoms with Crippen LogP contribution in [-0.4, -0.2) is 57.2 Å². The van der Waals surface area contributed by atoms with Gasteiger partial charge in [-0.15, -0.1) is 0 Å². The summed E-state index contributed by atoms with van der Waals surface area (Å²) in [5.41, 5.74) is 1.61. The molecule has 130 valence electrons. The van der Waals surface area contributed by atoms with E-state index in [1.54, 1.807) is 24.0 Å². The smallest absolute Gasteiger partial charge is 0.348 e. The number of aryl methyl sites for hydroxylation is 1. The van der Waals surface area contributed by atoms with E-state index < -0.39 is 12.2 Å². The molecule has 9 heteroatoms. The maximum Gasteiger partial charge on any atom is 0.404 e. The topological polar surface area (TPSA) is 63.1 Å². The van der Waals surface area contributed by atoms with Crippen LogP contribution >= 0.6 is 0 Å². The molecule has 1 saturated heterocycles. The molecule has 0 unspecified atom stereocenters. The summed E-state index contributed by atoms with van der Waals surface area (Å²) in [5.74, 6) is -0.348. The van der Waals surface area contributed by atoms with Crippen molar-refractivity contribution in [1.29, 1.82) is 0 Å². The van der Waals surface area contributed by atoms with Gasteiger partial charge in [0.25, 0.3) is 5.91 Å². The normalized spacial score (nSPS) is 22.7. The first-order valence-corrected chi connectivity index (χ1v) is 7.60. The number of likely N-dealkylation sites (N-methyl/N-ethyl adjacent to an activating group) is 1. The lowest BCUT2D eigenvalue weighted by Crippen LogP contribution is -2.54. The summed E-state index contributed by atoms with van der Waals surface area (Å²) < 4.78 is 40.3. The number of hydrogen-bond donors (Lipinski definition) is 1. The van der Waals surface area contributed by atoms with Gasteiger partial charge in [0.1, 0.15) is 11.6 Å². The molecule has 1 aliphatic heterocycles. The molecule has 1 aliphatic rings. The summed E-state index contributed by atoms with van der Waals surface area (Å²) in [5, 5.41) is 2.79. The average molecular weight is 341 g/mol. The zero-order valence-electron chi connectivity index (χ0n) is 13.3. The van der Waals surface area contributed by atoms with Gasteiger partial charge < -0.3 is 9.88 Å². The number of alkyl halides is 3. The number of fused-ring (bicyclic) bond motifs is 1. The van der Waals surface area contributed by atoms with Gasteiger partial charge in [0.2, 0.25) is 0 Å². The molecule has 0 aromatic carbocycles. The van der Waals surface area contributed by atoms with Crippen LogP contribution in [0.3, 0.4) is 0 Å². The highest BCUT2D eigenvalue weighted by molar-refractivity contribution is 5.96. The summed E-state index contributed by atoms with van der Waals surface area (Å²) in [6, 6.07) is -0.138. The number of halogens is 3. The zero-order chi connectivity index (χ0) is 17.5. The van der Waals surface area contributed by atoms with E-state index in [0.29, 0.717) is 23.1 Å². The van der Waals surface area contributed by atoms with Gasteiger partial charge in [-0.1, -0.05) is 0 Å². The first-order valence-electron chi connectivity index (χ1n) is 7.60. The molecule has 1 amide bonds. The minimum atomic E-state index is -4.24. The lowest BCUT2D eigenvalue weighted by molar-refractivity contribution is -0.188. The van der Waals surface area contributed by atoms with Crippen molar-refractivity contribution in [2.75, 3.05) is 13.6 Å². The minimum Gasteiger partial charge on any atom is -0.348 e. The maximum atomic E-state index is 12.9. The third-order valence-electron chi connectivity index (χ3n) is 4.36. The molecule has 3 rings (SSSR count). The number of imidazole rings is 1. The van der Waals surface area contributed by atoms with Crippen molar-refractivity contribution in [3.63, 3.8) is 0 Å². The Balaban J connectivity index is 1.66. The van der Waals surface area contributed by atoms with Gasteiger partial charge >= 0.3 is 6.18 Å². The van der Waals surface area contributed by atoms with Crippen molar-refractivity contribution >= 4 is 17.1 Å². The number of pyridine rings is 1. The highest BCUT2D eigenvalue weighted by Crippen LogP contribution is 2.30. The number of nitrogens with one attached hydrogen (secondary N) is 1. The van der Waals surface area contributed by atoms with Gasteiger partial charge in [0, 0.05) is 25.8 Å². The van der Waals surface area contributed by atoms with E-state index in [1.807, 2.05) is 0 Å². The van der Waals surface area contributed by atoms with Crippen molar-refractivity contribution in [1.82, 2.24) is 24.8 Å². The number of rotatable bonds is 2. The molecule has 3 heterocycles. The summed E-state index contributed by atoms with van der Waals surface area (Å²) in [4.78, 5) is 21.9. The van der Waals surface area contributed by atoms with Crippen molar-refractivity contribution in [2.24, 2.45) is 7.05 Å². The number of carbonyl (C=O) groups is 1. The van der Waals surface area contributed by atoms with Gasteiger partial charge in [-0.2, -0.15) is 13.2 Å². The van der Waals surface area contributed by atoms with Crippen molar-refractivity contribution in [2.45, 2.75) is 31.1 Å². The van der Waals surface area contributed by atoms with Crippen LogP contribution in [0.4, 0.5) is 13.2 Å². The first kappa shape index (κ1) is 16.7. The van der Waals surface area contributed by atoms with Crippen LogP contribution in [0.2, 0.25) is 0 Å². The third kappa shape index (κ3) is 3.21. The lowest BCUT2D eigenvalue weighted by atomic mass is 9.98. The second-order valence-electron chi connectivity index (χ2n) is 6.17. The van der Waals surface area contributed by atoms with E-state index in [-0.39, 0.29) is 24.9 Å². The van der Waals surface area contributed by atoms with E-state index in [2.05, 4.69) is 15.3 Å². The monoisotopic (exact) mass is 341 g/mol. The fraction of sp³-hybridized carbons (Fsp3) is 0.533. The Kier molecular flexibility index (Phi) is 4.20. The molecule has 0 radical (unpaired) electrons. The fourth-order valence-corrected chi connectivity index (χ4v) is 3.09. The Morgan fingerprint density at radius 3 is 2.71 bits per heavy atom. The number of carbonyl (C=O) groups excluding carboxylic acids is 1. The molecule has 6 nitrogen and oxygen atoms in total. The number of piperidine rings is 1. The third-order valence-corrected chi connectivity index (χ3v) is 4.36. The largest absolute Gasteiger partial charge is 0.404 e. The number of hydrogen-bond acceptors (Lipinski definition) is 4. The Hall–Kier alpha value is -2.16. The first-order chi connectivity index (χ1) is 11.3. The van der Waals surface area contributed by atoms with E-state index in [0.717, 1.165) is 0 Å². The zero-order valence-corrected chi connectivity index (χ0v) is 13.3. The van der Waals surface area contributed by atoms with E-state index >= 15 is 0 Å². The molecule has 24 heavy (non-hydrogen) atoms. The van der Waals surface area contributed by atoms with Crippen LogP contribution in [0.1, 0.15) is 23.2 Å². The van der Waals surface area contributed by atoms with E-state index in [1.165, 1.54) is 18.1 Å². The second-order valence-corrected chi connectivity index (χ2v) is 6.17. The predicted molar refractivity (Wildman–Crippen MR) is 81.5 cm³/mol. The Bertz CT molecular complexity index is 757. The van der Waals surface area contributed by atoms with Crippen LogP contribution < -0.4 is 5.32 Å². The second kappa shape index (κ2) is 6.04. The van der Waals surface area contributed by atoms with Crippen LogP contribution in [0.25, 0.3) is 11.2 Å². The maximum absolute atomic E-state index is 12.9. The van der Waals surface area contributed by atoms with Crippen LogP contribution in [0, 0.1) is 0 Å². The number of aromatic nitrogens is 3. The molecule has 1 fully saturated rings. The quantitative estimate of drug-likeness (QED) is 0.904. The van der Waals surface area contributed by atoms with Crippen LogP contribution in [0.15, 0.2) is 18.6 Å². The highest BCUT2D eigenvalue weighted by Gasteiger charge is 2.44. The highest BCUT2D eigenvalue weighted by atomic mass is 19.4. The average Bonchev–Trinajstić information content (AvgIpc) is 2.87. The molecule has 2 aromatic heterocycles. The summed E-state index contributed by atoms with van der Waals surface area (Å²) in [7, 11) is 3.23. The minimum absolute atomic E-state index is 0.0253. The van der Waals surface area contributed by atoms with Crippen LogP contribution in [-0.2, 0) is 7.05 Å². The molecule has 1 N–H and O–H groups in total. The standard InChI is InChI=1S/C15H18F3N5O/c1-22-7-10(3-4-12(22)15(16,17)18)21-14(24)9-5-11-13(19-6-9)23(2)8-20-11/h5-6,8,10,12H,3-4,7H2,1-2H3,(H,21,24)/t10-,12-/m0/s1. The molecule has 0 saturated carbocycles. The fourth-order valence-electron chi connectivity index (χ4n) is 3.09. The summed E-state index contributed by atoms with van der Waals surface area (Å²) >= 11 is 0. The number of amides is 1. The molecule has 2 atom stereocenters. The van der Waals surface area contributed by atoms with Gasteiger partial charge in [-0.05, 0) is 26.0 Å². The number of nitrogens with zero attached hydrogens (tertiary/aromatic N) is 4. The molecule has 2 aromatic rings. The van der Waals surface area contributed by atoms with E-state index in [9.17, 15) is 18.0 Å². The summed E-state index contributed by atoms with van der Waals surface area (Å²) in [6.07, 6.45) is -0.920. The molecule has 0 bridgehead atoms. The lowest BCUT2D eigenvalue weighted by Gasteiger charge is -2.38. The Morgan fingerprint density at radius 2 is 2.04 bits per heavy atom. The van der Waals surface area contributed by atoms with Crippen molar-refractivity contribution < 1.29 is 18.0 Å². The molecule has 0 aliphatic carbocycles. The van der Waals surface area contributed by atoms with Gasteiger partial charge in [0.15, 0.2) is 5.65 Å². The number of likely N-dealkylation sites (tertiary alicyclic amines) is 1. The molecule has 0 spiro atoms. The van der Waals surface area contributed by atoms with Gasteiger partial charge in [-0.25, -0.2) is 9.97 Å². The predicted octanol–water partition coefficient (Wildman–Crippen LogP) is 1.72. The van der Waals surface area contributed by atoms with Crippen molar-refractivity contribution in [3.8, 4) is 0 Å². The van der Waals surface area contributed by atoms with E-state index in [4.69, 9.17) is 0 Å². The molecular formula is C15H18F3N5O. The van der Waals surface area contributed by atoms with Gasteiger partial charge in [-0.3, -0.25) is 9.69 Å². The van der Waals surface area contributed by atoms with Gasteiger partial charge in [0.05, 0.1) is 11.9 Å². The SMILES string of the molecule is CN1C[C@@H](NC(=O)c2cnc3c(c2)ncn3C)CC[C@H]1C(F)(F)F. The Morgan fingerprint density at radius 1 is 1.29 bits per heavy atom. The van der Waals surface area contributed by atoms with Crippen molar-refractivity contribution in [3.05, 3.63) is 24.2 Å². The molecular weight excluding hydrogens is 323 g/mol. The Labute approximate surface area is 136 Å². The summed E-state index contributed by atoms with van der Waals surface area (Å²) in [6.45, 7) is 0.162.